The highest BCUT2D eigenvalue weighted by Crippen LogP contribution is 2.23. The van der Waals surface area contributed by atoms with Gasteiger partial charge in [0.1, 0.15) is 5.76 Å². The number of morpholine rings is 1. The van der Waals surface area contributed by atoms with E-state index in [1.807, 2.05) is 32.9 Å². The van der Waals surface area contributed by atoms with Crippen molar-refractivity contribution in [1.82, 2.24) is 19.5 Å². The number of hydrogen-bond donors (Lipinski definition) is 1. The molecule has 1 aliphatic rings. The first-order valence-corrected chi connectivity index (χ1v) is 8.58. The van der Waals surface area contributed by atoms with E-state index in [4.69, 9.17) is 14.9 Å². The summed E-state index contributed by atoms with van der Waals surface area (Å²) in [6, 6.07) is 5.30. The number of aromatic nitrogens is 3. The minimum atomic E-state index is -0.0912. The Morgan fingerprint density at radius 1 is 1.27 bits per heavy atom. The Morgan fingerprint density at radius 3 is 2.65 bits per heavy atom. The lowest BCUT2D eigenvalue weighted by atomic mass is 10.1. The Bertz CT molecular complexity index is 967. The van der Waals surface area contributed by atoms with Gasteiger partial charge in [-0.2, -0.15) is 0 Å². The van der Waals surface area contributed by atoms with Crippen molar-refractivity contribution < 1.29 is 13.9 Å². The van der Waals surface area contributed by atoms with Crippen molar-refractivity contribution >= 4 is 17.2 Å². The molecule has 2 N–H and O–H groups in total. The average molecular weight is 355 g/mol. The van der Waals surface area contributed by atoms with Crippen LogP contribution in [0.15, 0.2) is 28.8 Å². The van der Waals surface area contributed by atoms with Gasteiger partial charge >= 0.3 is 0 Å². The molecule has 4 heterocycles. The number of nitrogens with two attached hydrogens (primary N) is 1. The van der Waals surface area contributed by atoms with Crippen LogP contribution in [0.25, 0.3) is 17.2 Å². The molecule has 26 heavy (non-hydrogen) atoms. The molecule has 1 fully saturated rings. The first-order chi connectivity index (χ1) is 12.4. The Balaban J connectivity index is 1.69. The SMILES string of the molecule is Cc1ccc(-c2nc3c(N)cc(C(=O)N4CC(C)OC(C)C4)cn3n2)o1. The van der Waals surface area contributed by atoms with Crippen molar-refractivity contribution in [2.75, 3.05) is 18.8 Å². The molecule has 4 rings (SSSR count). The van der Waals surface area contributed by atoms with E-state index in [2.05, 4.69) is 10.1 Å². The highest BCUT2D eigenvalue weighted by molar-refractivity contribution is 5.96. The van der Waals surface area contributed by atoms with Gasteiger partial charge in [0.25, 0.3) is 5.91 Å². The molecule has 0 saturated carbocycles. The third kappa shape index (κ3) is 2.92. The van der Waals surface area contributed by atoms with Crippen molar-refractivity contribution in [1.29, 1.82) is 0 Å². The van der Waals surface area contributed by atoms with Gasteiger partial charge in [-0.1, -0.05) is 0 Å². The van der Waals surface area contributed by atoms with Crippen LogP contribution in [0.2, 0.25) is 0 Å². The van der Waals surface area contributed by atoms with E-state index >= 15 is 0 Å². The number of nitrogen functional groups attached to an aromatic ring is 1. The highest BCUT2D eigenvalue weighted by Gasteiger charge is 2.27. The molecule has 0 spiro atoms. The van der Waals surface area contributed by atoms with Crippen molar-refractivity contribution in [2.24, 2.45) is 0 Å². The van der Waals surface area contributed by atoms with E-state index in [1.165, 1.54) is 4.52 Å². The zero-order valence-corrected chi connectivity index (χ0v) is 15.0. The molecule has 8 heteroatoms. The molecule has 0 aliphatic carbocycles. The third-order valence-electron chi connectivity index (χ3n) is 4.38. The lowest BCUT2D eigenvalue weighted by Gasteiger charge is -2.35. The third-order valence-corrected chi connectivity index (χ3v) is 4.38. The summed E-state index contributed by atoms with van der Waals surface area (Å²) in [7, 11) is 0. The van der Waals surface area contributed by atoms with Crippen molar-refractivity contribution in [2.45, 2.75) is 33.0 Å². The number of pyridine rings is 1. The second kappa shape index (κ2) is 6.14. The second-order valence-electron chi connectivity index (χ2n) is 6.77. The first-order valence-electron chi connectivity index (χ1n) is 8.58. The van der Waals surface area contributed by atoms with Crippen LogP contribution in [0.4, 0.5) is 5.69 Å². The largest absolute Gasteiger partial charge is 0.458 e. The fourth-order valence-corrected chi connectivity index (χ4v) is 3.31. The van der Waals surface area contributed by atoms with Crippen LogP contribution in [0.3, 0.4) is 0 Å². The van der Waals surface area contributed by atoms with Gasteiger partial charge in [0.2, 0.25) is 5.82 Å². The number of carbonyl (C=O) groups is 1. The summed E-state index contributed by atoms with van der Waals surface area (Å²) in [5, 5.41) is 4.41. The maximum absolute atomic E-state index is 12.9. The number of carbonyl (C=O) groups excluding carboxylic acids is 1. The summed E-state index contributed by atoms with van der Waals surface area (Å²) >= 11 is 0. The van der Waals surface area contributed by atoms with Gasteiger partial charge in [0.05, 0.1) is 23.5 Å². The number of rotatable bonds is 2. The number of anilines is 1. The number of ether oxygens (including phenoxy) is 1. The molecule has 3 aromatic rings. The lowest BCUT2D eigenvalue weighted by molar-refractivity contribution is -0.0586. The number of aryl methyl sites for hydroxylation is 1. The molecular formula is C18H21N5O3. The number of amides is 1. The standard InChI is InChI=1S/C18H21N5O3/c1-10-4-5-15(26-10)16-20-17-14(19)6-13(9-23(17)21-16)18(24)22-7-11(2)25-12(3)8-22/h4-6,9,11-12H,7-8,19H2,1-3H3. The topological polar surface area (TPSA) is 98.9 Å². The molecule has 0 aromatic carbocycles. The maximum atomic E-state index is 12.9. The van der Waals surface area contributed by atoms with Crippen LogP contribution in [-0.2, 0) is 4.74 Å². The van der Waals surface area contributed by atoms with Gasteiger partial charge in [-0.05, 0) is 39.0 Å². The molecular weight excluding hydrogens is 334 g/mol. The number of furan rings is 1. The zero-order chi connectivity index (χ0) is 18.4. The van der Waals surface area contributed by atoms with E-state index in [9.17, 15) is 4.79 Å². The van der Waals surface area contributed by atoms with Gasteiger partial charge in [-0.15, -0.1) is 5.10 Å². The monoisotopic (exact) mass is 355 g/mol. The van der Waals surface area contributed by atoms with Gasteiger partial charge in [0, 0.05) is 19.3 Å². The predicted molar refractivity (Wildman–Crippen MR) is 95.8 cm³/mol. The molecule has 1 aliphatic heterocycles. The summed E-state index contributed by atoms with van der Waals surface area (Å²) in [6.45, 7) is 6.88. The van der Waals surface area contributed by atoms with Gasteiger partial charge in [-0.25, -0.2) is 9.50 Å². The Morgan fingerprint density at radius 2 is 2.00 bits per heavy atom. The summed E-state index contributed by atoms with van der Waals surface area (Å²) in [6.07, 6.45) is 1.67. The van der Waals surface area contributed by atoms with Crippen molar-refractivity contribution in [3.8, 4) is 11.6 Å². The minimum Gasteiger partial charge on any atom is -0.458 e. The summed E-state index contributed by atoms with van der Waals surface area (Å²) < 4.78 is 12.8. The van der Waals surface area contributed by atoms with E-state index in [0.29, 0.717) is 41.6 Å². The maximum Gasteiger partial charge on any atom is 0.255 e. The molecule has 2 atom stereocenters. The van der Waals surface area contributed by atoms with Crippen LogP contribution in [0.5, 0.6) is 0 Å². The average Bonchev–Trinajstić information content (AvgIpc) is 3.19. The van der Waals surface area contributed by atoms with Crippen molar-refractivity contribution in [3.05, 3.63) is 35.7 Å². The Hall–Kier alpha value is -2.87. The van der Waals surface area contributed by atoms with E-state index < -0.39 is 0 Å². The summed E-state index contributed by atoms with van der Waals surface area (Å²) in [5.41, 5.74) is 7.49. The second-order valence-corrected chi connectivity index (χ2v) is 6.77. The van der Waals surface area contributed by atoms with Gasteiger partial charge < -0.3 is 19.8 Å². The molecule has 2 unspecified atom stereocenters. The molecule has 1 amide bonds. The zero-order valence-electron chi connectivity index (χ0n) is 15.0. The van der Waals surface area contributed by atoms with Crippen LogP contribution >= 0.6 is 0 Å². The van der Waals surface area contributed by atoms with Crippen molar-refractivity contribution in [3.63, 3.8) is 0 Å². The summed E-state index contributed by atoms with van der Waals surface area (Å²) in [5.74, 6) is 1.68. The van der Waals surface area contributed by atoms with Gasteiger partial charge in [-0.3, -0.25) is 4.79 Å². The fourth-order valence-electron chi connectivity index (χ4n) is 3.31. The molecule has 1 saturated heterocycles. The molecule has 8 nitrogen and oxygen atoms in total. The molecule has 0 radical (unpaired) electrons. The van der Waals surface area contributed by atoms with E-state index in [-0.39, 0.29) is 18.1 Å². The molecule has 3 aromatic heterocycles. The van der Waals surface area contributed by atoms with Gasteiger partial charge in [0.15, 0.2) is 11.4 Å². The quantitative estimate of drug-likeness (QED) is 0.756. The van der Waals surface area contributed by atoms with Crippen LogP contribution in [0, 0.1) is 6.92 Å². The van der Waals surface area contributed by atoms with E-state index in [1.54, 1.807) is 17.2 Å². The predicted octanol–water partition coefficient (Wildman–Crippen LogP) is 2.13. The normalized spacial score (nSPS) is 20.7. The van der Waals surface area contributed by atoms with Crippen LogP contribution in [-0.4, -0.2) is 50.7 Å². The minimum absolute atomic E-state index is 0.00365. The van der Waals surface area contributed by atoms with Crippen LogP contribution in [0.1, 0.15) is 30.0 Å². The molecule has 0 bridgehead atoms. The summed E-state index contributed by atoms with van der Waals surface area (Å²) in [4.78, 5) is 19.1. The molecule has 136 valence electrons. The van der Waals surface area contributed by atoms with E-state index in [0.717, 1.165) is 5.76 Å². The highest BCUT2D eigenvalue weighted by atomic mass is 16.5. The fraction of sp³-hybridized carbons (Fsp3) is 0.389. The number of fused-ring (bicyclic) bond motifs is 1. The number of nitrogens with zero attached hydrogens (tertiary/aromatic N) is 4. The van der Waals surface area contributed by atoms with Crippen LogP contribution < -0.4 is 5.73 Å². The number of hydrogen-bond acceptors (Lipinski definition) is 6. The first kappa shape index (κ1) is 16.6. The lowest BCUT2D eigenvalue weighted by Crippen LogP contribution is -2.48. The smallest absolute Gasteiger partial charge is 0.255 e. The Labute approximate surface area is 150 Å². The Kier molecular flexibility index (Phi) is 3.91.